The van der Waals surface area contributed by atoms with Gasteiger partial charge < -0.3 is 10.2 Å². The van der Waals surface area contributed by atoms with Gasteiger partial charge in [0.05, 0.1) is 0 Å². The van der Waals surface area contributed by atoms with Crippen LogP contribution in [0.3, 0.4) is 0 Å². The fraction of sp³-hybridized carbons (Fsp3) is 0.409. The van der Waals surface area contributed by atoms with E-state index in [0.29, 0.717) is 11.6 Å². The van der Waals surface area contributed by atoms with Crippen LogP contribution in [0, 0.1) is 0 Å². The summed E-state index contributed by atoms with van der Waals surface area (Å²) in [6.45, 7) is 4.26. The molecule has 1 aliphatic carbocycles. The van der Waals surface area contributed by atoms with Crippen molar-refractivity contribution in [3.63, 3.8) is 0 Å². The van der Waals surface area contributed by atoms with Gasteiger partial charge in [-0.25, -0.2) is 0 Å². The number of nitrogens with zero attached hydrogens (tertiary/aromatic N) is 2. The van der Waals surface area contributed by atoms with Crippen molar-refractivity contribution in [2.45, 2.75) is 24.9 Å². The van der Waals surface area contributed by atoms with Crippen molar-refractivity contribution in [2.24, 2.45) is 0 Å². The largest absolute Gasteiger partial charge is 0.340 e. The molecule has 1 heterocycles. The standard InChI is InChI=1S/C22H26ClN3O.2ClH/c1-25(16-17-5-4-8-20(23)13-17)21(27)22(26-11-9-24-10-12-26)14-18-6-2-3-7-19(18)15-22;;/h2-8,13,24H,9-12,14-16H2,1H3;2*1H. The van der Waals surface area contributed by atoms with Gasteiger partial charge >= 0.3 is 0 Å². The molecule has 1 amide bonds. The lowest BCUT2D eigenvalue weighted by molar-refractivity contribution is -0.144. The lowest BCUT2D eigenvalue weighted by Crippen LogP contribution is -2.63. The van der Waals surface area contributed by atoms with Gasteiger partial charge in [-0.2, -0.15) is 0 Å². The summed E-state index contributed by atoms with van der Waals surface area (Å²) in [7, 11) is 1.91. The monoisotopic (exact) mass is 455 g/mol. The molecule has 0 atom stereocenters. The van der Waals surface area contributed by atoms with Crippen LogP contribution >= 0.6 is 36.4 Å². The maximum atomic E-state index is 13.8. The van der Waals surface area contributed by atoms with Crippen LogP contribution in [0.15, 0.2) is 48.5 Å². The van der Waals surface area contributed by atoms with Crippen LogP contribution in [0.2, 0.25) is 5.02 Å². The second kappa shape index (κ2) is 10.1. The predicted octanol–water partition coefficient (Wildman–Crippen LogP) is 3.58. The number of nitrogens with one attached hydrogen (secondary N) is 1. The number of halogens is 3. The second-order valence-electron chi connectivity index (χ2n) is 7.68. The predicted molar refractivity (Wildman–Crippen MR) is 123 cm³/mol. The van der Waals surface area contributed by atoms with Crippen LogP contribution in [0.1, 0.15) is 16.7 Å². The fourth-order valence-corrected chi connectivity index (χ4v) is 4.75. The second-order valence-corrected chi connectivity index (χ2v) is 8.12. The summed E-state index contributed by atoms with van der Waals surface area (Å²) >= 11 is 6.13. The van der Waals surface area contributed by atoms with Gasteiger partial charge in [-0.15, -0.1) is 24.8 Å². The molecule has 0 spiro atoms. The molecule has 0 unspecified atom stereocenters. The highest BCUT2D eigenvalue weighted by Gasteiger charge is 2.49. The van der Waals surface area contributed by atoms with E-state index < -0.39 is 5.54 Å². The average Bonchev–Trinajstić information content (AvgIpc) is 3.09. The molecule has 0 aromatic heterocycles. The Balaban J connectivity index is 0.00000150. The summed E-state index contributed by atoms with van der Waals surface area (Å²) in [5, 5.41) is 4.12. The SMILES string of the molecule is CN(Cc1cccc(Cl)c1)C(=O)C1(N2CCNCC2)Cc2ccccc2C1.Cl.Cl. The Hall–Kier alpha value is -1.30. The Bertz CT molecular complexity index is 815. The summed E-state index contributed by atoms with van der Waals surface area (Å²) in [6.07, 6.45) is 1.59. The lowest BCUT2D eigenvalue weighted by atomic mass is 9.90. The molecule has 1 N–H and O–H groups in total. The van der Waals surface area contributed by atoms with E-state index in [9.17, 15) is 4.79 Å². The zero-order valence-electron chi connectivity index (χ0n) is 16.6. The molecule has 2 aromatic carbocycles. The molecule has 2 aliphatic rings. The minimum absolute atomic E-state index is 0. The summed E-state index contributed by atoms with van der Waals surface area (Å²) in [6, 6.07) is 16.3. The van der Waals surface area contributed by atoms with Crippen molar-refractivity contribution in [1.29, 1.82) is 0 Å². The molecule has 0 radical (unpaired) electrons. The normalized spacial score (nSPS) is 17.6. The Labute approximate surface area is 190 Å². The molecule has 1 fully saturated rings. The van der Waals surface area contributed by atoms with Gasteiger partial charge in [-0.1, -0.05) is 48.0 Å². The van der Waals surface area contributed by atoms with Gasteiger partial charge in [0.2, 0.25) is 5.91 Å². The third kappa shape index (κ3) is 4.89. The minimum Gasteiger partial charge on any atom is -0.340 e. The number of amides is 1. The van der Waals surface area contributed by atoms with Crippen molar-refractivity contribution in [3.8, 4) is 0 Å². The topological polar surface area (TPSA) is 35.6 Å². The molecule has 7 heteroatoms. The zero-order valence-corrected chi connectivity index (χ0v) is 19.0. The molecule has 4 rings (SSSR count). The molecule has 0 saturated carbocycles. The Kier molecular flexibility index (Phi) is 8.38. The van der Waals surface area contributed by atoms with Gasteiger partial charge in [-0.05, 0) is 28.8 Å². The maximum Gasteiger partial charge on any atom is 0.243 e. The fourth-order valence-electron chi connectivity index (χ4n) is 4.53. The first-order valence-corrected chi connectivity index (χ1v) is 9.99. The Morgan fingerprint density at radius 1 is 1.07 bits per heavy atom. The summed E-state index contributed by atoms with van der Waals surface area (Å²) in [4.78, 5) is 18.0. The van der Waals surface area contributed by atoms with E-state index in [1.54, 1.807) is 0 Å². The van der Waals surface area contributed by atoms with Crippen molar-refractivity contribution in [3.05, 3.63) is 70.2 Å². The number of fused-ring (bicyclic) bond motifs is 1. The van der Waals surface area contributed by atoms with Gasteiger partial charge in [0.25, 0.3) is 0 Å². The highest BCUT2D eigenvalue weighted by molar-refractivity contribution is 6.30. The number of likely N-dealkylation sites (N-methyl/N-ethyl adjacent to an activating group) is 1. The number of carbonyl (C=O) groups excluding carboxylic acids is 1. The first-order valence-electron chi connectivity index (χ1n) is 9.61. The van der Waals surface area contributed by atoms with Crippen molar-refractivity contribution >= 4 is 42.3 Å². The van der Waals surface area contributed by atoms with Crippen LogP contribution in [0.4, 0.5) is 0 Å². The molecule has 1 saturated heterocycles. The third-order valence-corrected chi connectivity index (χ3v) is 6.10. The maximum absolute atomic E-state index is 13.8. The lowest BCUT2D eigenvalue weighted by Gasteiger charge is -2.44. The molecule has 0 bridgehead atoms. The van der Waals surface area contributed by atoms with Gasteiger partial charge in [0, 0.05) is 57.6 Å². The van der Waals surface area contributed by atoms with Gasteiger partial charge in [0.15, 0.2) is 0 Å². The van der Waals surface area contributed by atoms with Crippen molar-refractivity contribution in [1.82, 2.24) is 15.1 Å². The van der Waals surface area contributed by atoms with Crippen LogP contribution in [-0.4, -0.2) is 54.5 Å². The van der Waals surface area contributed by atoms with Crippen molar-refractivity contribution in [2.75, 3.05) is 33.2 Å². The third-order valence-electron chi connectivity index (χ3n) is 5.86. The molecular weight excluding hydrogens is 429 g/mol. The summed E-state index contributed by atoms with van der Waals surface area (Å²) < 4.78 is 0. The molecule has 4 nitrogen and oxygen atoms in total. The van der Waals surface area contributed by atoms with E-state index in [4.69, 9.17) is 11.6 Å². The summed E-state index contributed by atoms with van der Waals surface area (Å²) in [5.41, 5.74) is 3.20. The number of piperazine rings is 1. The highest BCUT2D eigenvalue weighted by atomic mass is 35.5. The highest BCUT2D eigenvalue weighted by Crippen LogP contribution is 2.36. The first-order chi connectivity index (χ1) is 13.1. The molecule has 29 heavy (non-hydrogen) atoms. The van der Waals surface area contributed by atoms with E-state index >= 15 is 0 Å². The number of benzene rings is 2. The minimum atomic E-state index is -0.473. The molecule has 158 valence electrons. The van der Waals surface area contributed by atoms with Crippen LogP contribution < -0.4 is 5.32 Å². The quantitative estimate of drug-likeness (QED) is 0.764. The molecular formula is C22H28Cl3N3O. The number of rotatable bonds is 4. The van der Waals surface area contributed by atoms with E-state index in [0.717, 1.165) is 44.6 Å². The number of hydrogen-bond donors (Lipinski definition) is 1. The van der Waals surface area contributed by atoms with E-state index in [1.807, 2.05) is 36.2 Å². The van der Waals surface area contributed by atoms with Gasteiger partial charge in [-0.3, -0.25) is 9.69 Å². The van der Waals surface area contributed by atoms with E-state index in [1.165, 1.54) is 11.1 Å². The molecule has 1 aliphatic heterocycles. The Morgan fingerprint density at radius 3 is 2.28 bits per heavy atom. The van der Waals surface area contributed by atoms with Gasteiger partial charge in [0.1, 0.15) is 5.54 Å². The van der Waals surface area contributed by atoms with E-state index in [2.05, 4.69) is 34.5 Å². The Morgan fingerprint density at radius 2 is 1.69 bits per heavy atom. The molecule has 2 aromatic rings. The first kappa shape index (κ1) is 24.0. The van der Waals surface area contributed by atoms with Crippen LogP contribution in [0.25, 0.3) is 0 Å². The van der Waals surface area contributed by atoms with Crippen LogP contribution in [0.5, 0.6) is 0 Å². The average molecular weight is 457 g/mol. The summed E-state index contributed by atoms with van der Waals surface area (Å²) in [5.74, 6) is 0.209. The van der Waals surface area contributed by atoms with Crippen molar-refractivity contribution < 1.29 is 4.79 Å². The number of carbonyl (C=O) groups is 1. The number of hydrogen-bond acceptors (Lipinski definition) is 3. The zero-order chi connectivity index (χ0) is 18.9. The van der Waals surface area contributed by atoms with Crippen LogP contribution in [-0.2, 0) is 24.2 Å². The van der Waals surface area contributed by atoms with E-state index in [-0.39, 0.29) is 30.7 Å². The smallest absolute Gasteiger partial charge is 0.243 e.